The SMILES string of the molecule is CN1[C@@H]2CC[C@H]1CC(NCc1ccc(-c3cccc(S(N)(=O)=O)c3/C(N)=N/N)cc1)C2. The van der Waals surface area contributed by atoms with Crippen LogP contribution in [0.15, 0.2) is 52.5 Å². The van der Waals surface area contributed by atoms with Crippen molar-refractivity contribution in [3.8, 4) is 11.1 Å². The van der Waals surface area contributed by atoms with Gasteiger partial charge in [0.05, 0.1) is 4.90 Å². The molecule has 0 aromatic heterocycles. The highest BCUT2D eigenvalue weighted by molar-refractivity contribution is 7.89. The molecule has 1 unspecified atom stereocenters. The van der Waals surface area contributed by atoms with Gasteiger partial charge in [-0.2, -0.15) is 5.10 Å². The van der Waals surface area contributed by atoms with Crippen molar-refractivity contribution in [2.45, 2.75) is 55.2 Å². The molecule has 0 saturated carbocycles. The van der Waals surface area contributed by atoms with Crippen LogP contribution in [0, 0.1) is 0 Å². The first-order valence-corrected chi connectivity index (χ1v) is 12.1. The summed E-state index contributed by atoms with van der Waals surface area (Å²) < 4.78 is 24.1. The molecule has 166 valence electrons. The van der Waals surface area contributed by atoms with Gasteiger partial charge in [0.15, 0.2) is 5.84 Å². The lowest BCUT2D eigenvalue weighted by Gasteiger charge is -2.36. The number of hydrogen-bond acceptors (Lipinski definition) is 6. The molecule has 2 fully saturated rings. The van der Waals surface area contributed by atoms with E-state index < -0.39 is 10.0 Å². The molecule has 2 aromatic rings. The molecule has 8 nitrogen and oxygen atoms in total. The molecular formula is C22H30N6O2S. The second-order valence-electron chi connectivity index (χ2n) is 8.53. The van der Waals surface area contributed by atoms with Crippen molar-refractivity contribution in [1.29, 1.82) is 0 Å². The quantitative estimate of drug-likeness (QED) is 0.230. The lowest BCUT2D eigenvalue weighted by Crippen LogP contribution is -2.46. The second kappa shape index (κ2) is 8.58. The zero-order chi connectivity index (χ0) is 22.2. The molecule has 0 spiro atoms. The number of nitrogens with one attached hydrogen (secondary N) is 1. The molecule has 4 rings (SSSR count). The fourth-order valence-corrected chi connectivity index (χ4v) is 5.75. The summed E-state index contributed by atoms with van der Waals surface area (Å²) in [5, 5.41) is 12.6. The number of primary sulfonamides is 1. The summed E-state index contributed by atoms with van der Waals surface area (Å²) in [6, 6.07) is 14.7. The molecule has 2 aromatic carbocycles. The fraction of sp³-hybridized carbons (Fsp3) is 0.409. The number of sulfonamides is 1. The van der Waals surface area contributed by atoms with Gasteiger partial charge >= 0.3 is 0 Å². The summed E-state index contributed by atoms with van der Waals surface area (Å²) in [4.78, 5) is 2.44. The highest BCUT2D eigenvalue weighted by Crippen LogP contribution is 2.34. The van der Waals surface area contributed by atoms with Crippen LogP contribution in [0.1, 0.15) is 36.8 Å². The first-order chi connectivity index (χ1) is 14.8. The smallest absolute Gasteiger partial charge is 0.238 e. The third-order valence-electron chi connectivity index (χ3n) is 6.69. The monoisotopic (exact) mass is 442 g/mol. The van der Waals surface area contributed by atoms with Gasteiger partial charge in [-0.25, -0.2) is 13.6 Å². The van der Waals surface area contributed by atoms with Crippen LogP contribution in [-0.2, 0) is 16.6 Å². The van der Waals surface area contributed by atoms with Crippen LogP contribution in [0.3, 0.4) is 0 Å². The summed E-state index contributed by atoms with van der Waals surface area (Å²) >= 11 is 0. The average molecular weight is 443 g/mol. The van der Waals surface area contributed by atoms with E-state index in [1.807, 2.05) is 24.3 Å². The van der Waals surface area contributed by atoms with Crippen molar-refractivity contribution in [1.82, 2.24) is 10.2 Å². The van der Waals surface area contributed by atoms with E-state index in [2.05, 4.69) is 22.4 Å². The number of benzene rings is 2. The molecule has 3 atom stereocenters. The topological polar surface area (TPSA) is 140 Å². The molecule has 2 saturated heterocycles. The zero-order valence-electron chi connectivity index (χ0n) is 17.7. The molecule has 7 N–H and O–H groups in total. The summed E-state index contributed by atoms with van der Waals surface area (Å²) in [5.41, 5.74) is 8.74. The third-order valence-corrected chi connectivity index (χ3v) is 7.64. The number of amidine groups is 1. The highest BCUT2D eigenvalue weighted by atomic mass is 32.2. The van der Waals surface area contributed by atoms with Crippen molar-refractivity contribution >= 4 is 15.9 Å². The van der Waals surface area contributed by atoms with E-state index in [9.17, 15) is 8.42 Å². The van der Waals surface area contributed by atoms with Gasteiger partial charge in [0.25, 0.3) is 0 Å². The van der Waals surface area contributed by atoms with E-state index >= 15 is 0 Å². The Kier molecular flexibility index (Phi) is 6.02. The lowest BCUT2D eigenvalue weighted by molar-refractivity contribution is 0.148. The Hall–Kier alpha value is -2.46. The number of hydrogen-bond donors (Lipinski definition) is 4. The van der Waals surface area contributed by atoms with Gasteiger partial charge in [0.1, 0.15) is 0 Å². The van der Waals surface area contributed by atoms with Gasteiger partial charge in [-0.3, -0.25) is 0 Å². The van der Waals surface area contributed by atoms with E-state index in [1.54, 1.807) is 12.1 Å². The summed E-state index contributed by atoms with van der Waals surface area (Å²) in [6.45, 7) is 0.796. The van der Waals surface area contributed by atoms with E-state index in [-0.39, 0.29) is 16.3 Å². The lowest BCUT2D eigenvalue weighted by atomic mass is 9.96. The zero-order valence-corrected chi connectivity index (χ0v) is 18.5. The molecule has 0 amide bonds. The molecule has 0 radical (unpaired) electrons. The van der Waals surface area contributed by atoms with Crippen molar-refractivity contribution < 1.29 is 8.42 Å². The average Bonchev–Trinajstić information content (AvgIpc) is 2.97. The van der Waals surface area contributed by atoms with Crippen LogP contribution in [-0.4, -0.2) is 44.3 Å². The molecular weight excluding hydrogens is 412 g/mol. The van der Waals surface area contributed by atoms with Gasteiger partial charge in [0.2, 0.25) is 10.0 Å². The Labute approximate surface area is 183 Å². The number of hydrazone groups is 1. The predicted octanol–water partition coefficient (Wildman–Crippen LogP) is 1.29. The summed E-state index contributed by atoms with van der Waals surface area (Å²) in [7, 11) is -1.74. The van der Waals surface area contributed by atoms with Crippen LogP contribution in [0.5, 0.6) is 0 Å². The van der Waals surface area contributed by atoms with Crippen LogP contribution in [0.4, 0.5) is 0 Å². The molecule has 2 bridgehead atoms. The maximum atomic E-state index is 12.0. The number of nitrogens with zero attached hydrogens (tertiary/aromatic N) is 2. The van der Waals surface area contributed by atoms with E-state index in [0.717, 1.165) is 12.1 Å². The highest BCUT2D eigenvalue weighted by Gasteiger charge is 2.38. The van der Waals surface area contributed by atoms with E-state index in [4.69, 9.17) is 16.7 Å². The minimum Gasteiger partial charge on any atom is -0.382 e. The molecule has 0 aliphatic carbocycles. The van der Waals surface area contributed by atoms with Gasteiger partial charge < -0.3 is 21.8 Å². The number of nitrogens with two attached hydrogens (primary N) is 3. The van der Waals surface area contributed by atoms with Crippen molar-refractivity contribution in [2.24, 2.45) is 21.8 Å². The Balaban J connectivity index is 1.52. The van der Waals surface area contributed by atoms with E-state index in [1.165, 1.54) is 37.3 Å². The van der Waals surface area contributed by atoms with Gasteiger partial charge in [-0.1, -0.05) is 36.4 Å². The van der Waals surface area contributed by atoms with Gasteiger partial charge in [-0.05, 0) is 55.5 Å². The summed E-state index contributed by atoms with van der Waals surface area (Å²) in [5.74, 6) is 5.27. The Morgan fingerprint density at radius 3 is 2.35 bits per heavy atom. The van der Waals surface area contributed by atoms with E-state index in [0.29, 0.717) is 23.7 Å². The minimum atomic E-state index is -3.99. The predicted molar refractivity (Wildman–Crippen MR) is 123 cm³/mol. The molecule has 9 heteroatoms. The normalized spacial score (nSPS) is 24.5. The fourth-order valence-electron chi connectivity index (χ4n) is 4.98. The molecule has 31 heavy (non-hydrogen) atoms. The maximum absolute atomic E-state index is 12.0. The summed E-state index contributed by atoms with van der Waals surface area (Å²) in [6.07, 6.45) is 5.02. The molecule has 2 aliphatic rings. The van der Waals surface area contributed by atoms with Crippen LogP contribution in [0.25, 0.3) is 11.1 Å². The van der Waals surface area contributed by atoms with Crippen LogP contribution >= 0.6 is 0 Å². The molecule has 2 aliphatic heterocycles. The first kappa shape index (κ1) is 21.8. The molecule has 2 heterocycles. The van der Waals surface area contributed by atoms with Crippen LogP contribution < -0.4 is 22.0 Å². The minimum absolute atomic E-state index is 0.0812. The van der Waals surface area contributed by atoms with Crippen molar-refractivity contribution in [3.63, 3.8) is 0 Å². The second-order valence-corrected chi connectivity index (χ2v) is 10.1. The Morgan fingerprint density at radius 1 is 1.13 bits per heavy atom. The van der Waals surface area contributed by atoms with Gasteiger partial charge in [-0.15, -0.1) is 0 Å². The van der Waals surface area contributed by atoms with Crippen molar-refractivity contribution in [3.05, 3.63) is 53.6 Å². The van der Waals surface area contributed by atoms with Crippen LogP contribution in [0.2, 0.25) is 0 Å². The van der Waals surface area contributed by atoms with Gasteiger partial charge in [0, 0.05) is 30.2 Å². The Bertz CT molecular complexity index is 1070. The first-order valence-electron chi connectivity index (χ1n) is 10.5. The largest absolute Gasteiger partial charge is 0.382 e. The standard InChI is InChI=1S/C22H30N6O2S/c1-28-17-9-10-18(28)12-16(11-17)26-13-14-5-7-15(8-6-14)19-3-2-4-20(31(25,29)30)21(19)22(23)27-24/h2-8,16-18,26H,9-13,24H2,1H3,(H2,23,27)(H2,25,29,30)/t16?,17-,18+. The third kappa shape index (κ3) is 4.45. The number of piperidine rings is 1. The maximum Gasteiger partial charge on any atom is 0.238 e. The number of fused-ring (bicyclic) bond motifs is 2. The van der Waals surface area contributed by atoms with Crippen molar-refractivity contribution in [2.75, 3.05) is 7.05 Å². The number of rotatable bonds is 6. The Morgan fingerprint density at radius 2 is 1.77 bits per heavy atom.